The third-order valence-corrected chi connectivity index (χ3v) is 7.84. The van der Waals surface area contributed by atoms with E-state index in [1.165, 1.54) is 17.6 Å². The molecule has 168 valence electrons. The first-order valence-corrected chi connectivity index (χ1v) is 13.3. The predicted octanol–water partition coefficient (Wildman–Crippen LogP) is 4.00. The minimum absolute atomic E-state index is 0.0714. The van der Waals surface area contributed by atoms with E-state index in [4.69, 9.17) is 10.1 Å². The average Bonchev–Trinajstić information content (AvgIpc) is 3.34. The lowest BCUT2D eigenvalue weighted by Gasteiger charge is -2.14. The molecule has 1 aliphatic carbocycles. The fraction of sp³-hybridized carbons (Fsp3) is 0.250. The van der Waals surface area contributed by atoms with Crippen LogP contribution in [0.25, 0.3) is 27.5 Å². The fourth-order valence-corrected chi connectivity index (χ4v) is 5.98. The summed E-state index contributed by atoms with van der Waals surface area (Å²) in [7, 11) is -3.37. The number of nitrogens with zero attached hydrogens (tertiary/aromatic N) is 4. The molecule has 0 unspecified atom stereocenters. The van der Waals surface area contributed by atoms with E-state index in [0.29, 0.717) is 12.1 Å². The molecule has 0 saturated carbocycles. The van der Waals surface area contributed by atoms with Crippen molar-refractivity contribution in [1.29, 1.82) is 0 Å². The Morgan fingerprint density at radius 2 is 2.00 bits per heavy atom. The Labute approximate surface area is 196 Å². The van der Waals surface area contributed by atoms with Crippen LogP contribution >= 0.6 is 11.3 Å². The summed E-state index contributed by atoms with van der Waals surface area (Å²) < 4.78 is 26.2. The number of fused-ring (bicyclic) bond motifs is 3. The van der Waals surface area contributed by atoms with E-state index >= 15 is 0 Å². The molecule has 0 N–H and O–H groups in total. The number of aryl methyl sites for hydroxylation is 2. The lowest BCUT2D eigenvalue weighted by atomic mass is 9.95. The number of hydrogen-bond acceptors (Lipinski definition) is 7. The lowest BCUT2D eigenvalue weighted by molar-refractivity contribution is -0.116. The first-order chi connectivity index (χ1) is 15.7. The molecule has 4 aromatic rings. The maximum Gasteiger partial charge on any atom is 0.175 e. The monoisotopic (exact) mass is 478 g/mol. The predicted molar refractivity (Wildman–Crippen MR) is 128 cm³/mol. The zero-order valence-corrected chi connectivity index (χ0v) is 20.1. The number of Topliss-reactive ketones (excluding diaryl/α,β-unsaturated/α-hetero) is 1. The highest BCUT2D eigenvalue weighted by molar-refractivity contribution is 7.90. The molecule has 33 heavy (non-hydrogen) atoms. The summed E-state index contributed by atoms with van der Waals surface area (Å²) in [6.07, 6.45) is 4.83. The number of ketones is 1. The Balaban J connectivity index is 1.76. The van der Waals surface area contributed by atoms with Crippen LogP contribution in [0, 0.1) is 6.92 Å². The van der Waals surface area contributed by atoms with E-state index in [9.17, 15) is 13.2 Å². The van der Waals surface area contributed by atoms with E-state index in [-0.39, 0.29) is 10.7 Å². The number of sulfone groups is 1. The number of carbonyl (C=O) groups excluding carboxylic acids is 1. The Kier molecular flexibility index (Phi) is 5.25. The summed E-state index contributed by atoms with van der Waals surface area (Å²) in [6, 6.07) is 10.8. The molecule has 0 radical (unpaired) electrons. The van der Waals surface area contributed by atoms with Gasteiger partial charge in [-0.25, -0.2) is 18.1 Å². The smallest absolute Gasteiger partial charge is 0.175 e. The highest BCUT2D eigenvalue weighted by atomic mass is 32.2. The molecular formula is C24H22N4O3S2. The highest BCUT2D eigenvalue weighted by Crippen LogP contribution is 2.43. The van der Waals surface area contributed by atoms with Crippen LogP contribution in [0.3, 0.4) is 0 Å². The molecule has 5 rings (SSSR count). The van der Waals surface area contributed by atoms with Gasteiger partial charge in [-0.15, -0.1) is 11.3 Å². The summed E-state index contributed by atoms with van der Waals surface area (Å²) in [5.41, 5.74) is 6.26. The minimum atomic E-state index is -3.37. The van der Waals surface area contributed by atoms with Gasteiger partial charge in [0, 0.05) is 29.3 Å². The number of hydrogen-bond donors (Lipinski definition) is 0. The molecule has 0 fully saturated rings. The van der Waals surface area contributed by atoms with Crippen LogP contribution in [0.5, 0.6) is 0 Å². The molecule has 3 heterocycles. The lowest BCUT2D eigenvalue weighted by Crippen LogP contribution is -2.07. The first-order valence-electron chi connectivity index (χ1n) is 10.5. The van der Waals surface area contributed by atoms with E-state index < -0.39 is 9.84 Å². The van der Waals surface area contributed by atoms with Crippen molar-refractivity contribution in [2.24, 2.45) is 0 Å². The van der Waals surface area contributed by atoms with Crippen molar-refractivity contribution >= 4 is 27.0 Å². The Morgan fingerprint density at radius 3 is 2.70 bits per heavy atom. The standard InChI is InChI=1S/C24H22N4O3S2/c1-14-7-8-16(13-25-14)22-19-9-10-20-24(32-21(26-20)11-15(2)29)23(19)28(27-22)17-5-4-6-18(12-17)33(3,30)31/h4-8,12-13H,9-11H2,1-3H3. The Morgan fingerprint density at radius 1 is 1.18 bits per heavy atom. The van der Waals surface area contributed by atoms with Crippen molar-refractivity contribution in [2.75, 3.05) is 6.26 Å². The second-order valence-electron chi connectivity index (χ2n) is 8.31. The molecule has 0 bridgehead atoms. The molecule has 0 atom stereocenters. The largest absolute Gasteiger partial charge is 0.300 e. The Hall–Kier alpha value is -3.17. The number of rotatable bonds is 5. The van der Waals surface area contributed by atoms with Crippen LogP contribution in [0.4, 0.5) is 0 Å². The molecule has 0 saturated heterocycles. The molecule has 0 aliphatic heterocycles. The summed E-state index contributed by atoms with van der Waals surface area (Å²) in [5, 5.41) is 5.74. The van der Waals surface area contributed by atoms with E-state index in [1.54, 1.807) is 25.1 Å². The van der Waals surface area contributed by atoms with Crippen LogP contribution in [-0.2, 0) is 33.9 Å². The maximum atomic E-state index is 12.2. The number of pyridine rings is 1. The highest BCUT2D eigenvalue weighted by Gasteiger charge is 2.30. The third kappa shape index (κ3) is 4.02. The fourth-order valence-electron chi connectivity index (χ4n) is 4.08. The Bertz CT molecular complexity index is 1500. The van der Waals surface area contributed by atoms with Crippen LogP contribution in [0.1, 0.15) is 28.9 Å². The van der Waals surface area contributed by atoms with E-state index in [1.807, 2.05) is 36.0 Å². The zero-order valence-electron chi connectivity index (χ0n) is 18.5. The summed E-state index contributed by atoms with van der Waals surface area (Å²) >= 11 is 1.51. The van der Waals surface area contributed by atoms with Crippen molar-refractivity contribution < 1.29 is 13.2 Å². The van der Waals surface area contributed by atoms with Crippen LogP contribution in [0.2, 0.25) is 0 Å². The van der Waals surface area contributed by atoms with Gasteiger partial charge in [0.05, 0.1) is 39.0 Å². The second-order valence-corrected chi connectivity index (χ2v) is 11.4. The van der Waals surface area contributed by atoms with Gasteiger partial charge in [-0.3, -0.25) is 9.78 Å². The van der Waals surface area contributed by atoms with Gasteiger partial charge < -0.3 is 0 Å². The van der Waals surface area contributed by atoms with Crippen molar-refractivity contribution in [3.05, 3.63) is 64.6 Å². The van der Waals surface area contributed by atoms with Gasteiger partial charge >= 0.3 is 0 Å². The topological polar surface area (TPSA) is 94.8 Å². The van der Waals surface area contributed by atoms with E-state index in [0.717, 1.165) is 56.6 Å². The van der Waals surface area contributed by atoms with Crippen molar-refractivity contribution in [3.8, 4) is 27.5 Å². The number of benzene rings is 1. The molecular weight excluding hydrogens is 456 g/mol. The van der Waals surface area contributed by atoms with Crippen LogP contribution in [0.15, 0.2) is 47.5 Å². The third-order valence-electron chi connectivity index (χ3n) is 5.63. The molecule has 0 amide bonds. The molecule has 1 aromatic carbocycles. The molecule has 7 nitrogen and oxygen atoms in total. The van der Waals surface area contributed by atoms with E-state index in [2.05, 4.69) is 4.98 Å². The average molecular weight is 479 g/mol. The van der Waals surface area contributed by atoms with Gasteiger partial charge in [-0.1, -0.05) is 6.07 Å². The van der Waals surface area contributed by atoms with Gasteiger partial charge in [0.2, 0.25) is 0 Å². The van der Waals surface area contributed by atoms with Gasteiger partial charge in [0.15, 0.2) is 9.84 Å². The summed E-state index contributed by atoms with van der Waals surface area (Å²) in [6.45, 7) is 3.50. The van der Waals surface area contributed by atoms with Crippen molar-refractivity contribution in [1.82, 2.24) is 19.7 Å². The molecule has 1 aliphatic rings. The molecule has 9 heteroatoms. The summed E-state index contributed by atoms with van der Waals surface area (Å²) in [4.78, 5) is 22.1. The van der Waals surface area contributed by atoms with Gasteiger partial charge in [0.1, 0.15) is 10.8 Å². The number of aromatic nitrogens is 4. The van der Waals surface area contributed by atoms with Gasteiger partial charge in [0.25, 0.3) is 0 Å². The number of thiazole rings is 1. The molecule has 3 aromatic heterocycles. The SMILES string of the molecule is CC(=O)Cc1nc2c(s1)-c1c(c(-c3ccc(C)nc3)nn1-c1cccc(S(C)(=O)=O)c1)CC2. The first kappa shape index (κ1) is 21.7. The normalized spacial score (nSPS) is 12.9. The van der Waals surface area contributed by atoms with Crippen molar-refractivity contribution in [3.63, 3.8) is 0 Å². The summed E-state index contributed by atoms with van der Waals surface area (Å²) in [5.74, 6) is 0.0714. The zero-order chi connectivity index (χ0) is 23.3. The molecule has 0 spiro atoms. The van der Waals surface area contributed by atoms with Crippen molar-refractivity contribution in [2.45, 2.75) is 38.0 Å². The number of carbonyl (C=O) groups is 1. The minimum Gasteiger partial charge on any atom is -0.300 e. The van der Waals surface area contributed by atoms with Gasteiger partial charge in [-0.2, -0.15) is 5.10 Å². The second kappa shape index (κ2) is 8.00. The van der Waals surface area contributed by atoms with Gasteiger partial charge in [-0.05, 0) is 57.0 Å². The maximum absolute atomic E-state index is 12.2. The van der Waals surface area contributed by atoms with Crippen LogP contribution < -0.4 is 0 Å². The quantitative estimate of drug-likeness (QED) is 0.430. The van der Waals surface area contributed by atoms with Crippen LogP contribution in [-0.4, -0.2) is 40.2 Å².